The third-order valence-corrected chi connectivity index (χ3v) is 4.33. The number of rotatable bonds is 9. The van der Waals surface area contributed by atoms with Gasteiger partial charge in [0.2, 0.25) is 0 Å². The molecule has 0 fully saturated rings. The van der Waals surface area contributed by atoms with Crippen molar-refractivity contribution in [3.8, 4) is 17.6 Å². The summed E-state index contributed by atoms with van der Waals surface area (Å²) in [7, 11) is 3.08. The summed E-state index contributed by atoms with van der Waals surface area (Å²) in [6, 6.07) is 15.2. The molecule has 0 aliphatic heterocycles. The number of halogens is 1. The van der Waals surface area contributed by atoms with E-state index in [1.807, 2.05) is 36.4 Å². The molecule has 0 aliphatic rings. The maximum atomic E-state index is 12.1. The number of carbonyl (C=O) groups excluding carboxylic acids is 1. The Kier molecular flexibility index (Phi) is 8.53. The molecule has 0 aromatic heterocycles. The van der Waals surface area contributed by atoms with E-state index in [4.69, 9.17) is 14.2 Å². The smallest absolute Gasteiger partial charge is 0.262 e. The lowest BCUT2D eigenvalue weighted by Gasteiger charge is -2.14. The Morgan fingerprint density at radius 1 is 1.25 bits per heavy atom. The Balaban J connectivity index is 2.21. The van der Waals surface area contributed by atoms with Gasteiger partial charge in [0.25, 0.3) is 5.91 Å². The lowest BCUT2D eigenvalue weighted by atomic mass is 10.1. The van der Waals surface area contributed by atoms with E-state index >= 15 is 0 Å². The number of benzene rings is 2. The zero-order valence-electron chi connectivity index (χ0n) is 15.7. The molecule has 1 N–H and O–H groups in total. The van der Waals surface area contributed by atoms with Crippen molar-refractivity contribution in [2.24, 2.45) is 0 Å². The normalized spacial score (nSPS) is 10.9. The number of hydrogen-bond donors (Lipinski definition) is 1. The molecule has 1 amide bonds. The zero-order valence-corrected chi connectivity index (χ0v) is 17.3. The van der Waals surface area contributed by atoms with Crippen LogP contribution in [0.25, 0.3) is 6.08 Å². The van der Waals surface area contributed by atoms with Crippen LogP contribution in [0.15, 0.2) is 52.5 Å². The number of methoxy groups -OCH3 is 2. The van der Waals surface area contributed by atoms with Gasteiger partial charge in [0.15, 0.2) is 11.5 Å². The molecule has 0 saturated heterocycles. The lowest BCUT2D eigenvalue weighted by Crippen LogP contribution is -2.27. The summed E-state index contributed by atoms with van der Waals surface area (Å²) in [5.74, 6) is 0.583. The molecule has 0 heterocycles. The number of nitrogens with zero attached hydrogens (tertiary/aromatic N) is 1. The Labute approximate surface area is 172 Å². The molecule has 2 rings (SSSR count). The molecule has 0 bridgehead atoms. The van der Waals surface area contributed by atoms with Crippen LogP contribution in [0.5, 0.6) is 11.5 Å². The highest BCUT2D eigenvalue weighted by Gasteiger charge is 2.14. The Morgan fingerprint density at radius 2 is 2.00 bits per heavy atom. The van der Waals surface area contributed by atoms with Crippen LogP contribution in [0.4, 0.5) is 0 Å². The highest BCUT2D eigenvalue weighted by molar-refractivity contribution is 9.10. The van der Waals surface area contributed by atoms with E-state index < -0.39 is 5.91 Å². The van der Waals surface area contributed by atoms with Crippen LogP contribution >= 0.6 is 15.9 Å². The van der Waals surface area contributed by atoms with Gasteiger partial charge in [0.1, 0.15) is 18.2 Å². The number of nitrogens with one attached hydrogen (secondary N) is 1. The first kappa shape index (κ1) is 21.5. The van der Waals surface area contributed by atoms with Crippen molar-refractivity contribution in [1.82, 2.24) is 5.32 Å². The SMILES string of the molecule is COCCNC(=O)/C(C#N)=C/c1cc(Br)c(OCc2ccccc2)c(OC)c1. The summed E-state index contributed by atoms with van der Waals surface area (Å²) >= 11 is 3.48. The molecule has 0 unspecified atom stereocenters. The monoisotopic (exact) mass is 444 g/mol. The second kappa shape index (κ2) is 11.1. The average molecular weight is 445 g/mol. The topological polar surface area (TPSA) is 80.6 Å². The van der Waals surface area contributed by atoms with E-state index in [9.17, 15) is 10.1 Å². The predicted molar refractivity (Wildman–Crippen MR) is 110 cm³/mol. The van der Waals surface area contributed by atoms with Crippen molar-refractivity contribution in [3.63, 3.8) is 0 Å². The standard InChI is InChI=1S/C21H21BrN2O4/c1-26-9-8-24-21(25)17(13-23)10-16-11-18(22)20(19(12-16)27-2)28-14-15-6-4-3-5-7-15/h3-7,10-12H,8-9,14H2,1-2H3,(H,24,25)/b17-10+. The van der Waals surface area contributed by atoms with Gasteiger partial charge in [-0.15, -0.1) is 0 Å². The molecule has 2 aromatic rings. The molecule has 28 heavy (non-hydrogen) atoms. The maximum absolute atomic E-state index is 12.1. The number of carbonyl (C=O) groups is 1. The summed E-state index contributed by atoms with van der Waals surface area (Å²) in [4.78, 5) is 12.1. The van der Waals surface area contributed by atoms with Gasteiger partial charge in [-0.3, -0.25) is 4.79 Å². The van der Waals surface area contributed by atoms with Crippen LogP contribution in [0.1, 0.15) is 11.1 Å². The molecule has 0 spiro atoms. The number of hydrogen-bond acceptors (Lipinski definition) is 5. The van der Waals surface area contributed by atoms with Gasteiger partial charge < -0.3 is 19.5 Å². The highest BCUT2D eigenvalue weighted by atomic mass is 79.9. The van der Waals surface area contributed by atoms with E-state index in [0.29, 0.717) is 41.3 Å². The van der Waals surface area contributed by atoms with Crippen LogP contribution in [0.2, 0.25) is 0 Å². The van der Waals surface area contributed by atoms with Gasteiger partial charge in [-0.2, -0.15) is 5.26 Å². The first-order valence-corrected chi connectivity index (χ1v) is 9.31. The molecule has 0 radical (unpaired) electrons. The van der Waals surface area contributed by atoms with Crippen LogP contribution in [-0.2, 0) is 16.1 Å². The minimum atomic E-state index is -0.459. The average Bonchev–Trinajstić information content (AvgIpc) is 2.71. The Morgan fingerprint density at radius 3 is 2.64 bits per heavy atom. The van der Waals surface area contributed by atoms with Gasteiger partial charge in [-0.1, -0.05) is 30.3 Å². The molecule has 6 nitrogen and oxygen atoms in total. The number of ether oxygens (including phenoxy) is 3. The van der Waals surface area contributed by atoms with Crippen molar-refractivity contribution in [3.05, 3.63) is 63.6 Å². The predicted octanol–water partition coefficient (Wildman–Crippen LogP) is 3.71. The highest BCUT2D eigenvalue weighted by Crippen LogP contribution is 2.37. The summed E-state index contributed by atoms with van der Waals surface area (Å²) in [5, 5.41) is 11.9. The fraction of sp³-hybridized carbons (Fsp3) is 0.238. The van der Waals surface area contributed by atoms with Crippen LogP contribution in [-0.4, -0.2) is 33.3 Å². The van der Waals surface area contributed by atoms with Crippen molar-refractivity contribution >= 4 is 27.9 Å². The van der Waals surface area contributed by atoms with Gasteiger partial charge in [-0.05, 0) is 45.3 Å². The van der Waals surface area contributed by atoms with Gasteiger partial charge in [0, 0.05) is 13.7 Å². The maximum Gasteiger partial charge on any atom is 0.262 e. The number of amides is 1. The third kappa shape index (κ3) is 6.12. The summed E-state index contributed by atoms with van der Waals surface area (Å²) in [6.07, 6.45) is 1.50. The second-order valence-electron chi connectivity index (χ2n) is 5.73. The molecule has 146 valence electrons. The van der Waals surface area contributed by atoms with E-state index in [-0.39, 0.29) is 5.57 Å². The first-order chi connectivity index (χ1) is 13.6. The summed E-state index contributed by atoms with van der Waals surface area (Å²) < 4.78 is 16.9. The van der Waals surface area contributed by atoms with E-state index in [0.717, 1.165) is 5.56 Å². The van der Waals surface area contributed by atoms with E-state index in [1.54, 1.807) is 19.2 Å². The van der Waals surface area contributed by atoms with Gasteiger partial charge in [0.05, 0.1) is 18.2 Å². The van der Waals surface area contributed by atoms with E-state index in [2.05, 4.69) is 21.2 Å². The van der Waals surface area contributed by atoms with Crippen LogP contribution < -0.4 is 14.8 Å². The van der Waals surface area contributed by atoms with Crippen molar-refractivity contribution < 1.29 is 19.0 Å². The fourth-order valence-corrected chi connectivity index (χ4v) is 2.94. The molecule has 0 aliphatic carbocycles. The minimum Gasteiger partial charge on any atom is -0.493 e. The fourth-order valence-electron chi connectivity index (χ4n) is 2.37. The molecule has 7 heteroatoms. The molecule has 0 atom stereocenters. The second-order valence-corrected chi connectivity index (χ2v) is 6.58. The Hall–Kier alpha value is -2.82. The zero-order chi connectivity index (χ0) is 20.4. The van der Waals surface area contributed by atoms with Crippen molar-refractivity contribution in [2.75, 3.05) is 27.4 Å². The van der Waals surface area contributed by atoms with Crippen LogP contribution in [0, 0.1) is 11.3 Å². The van der Waals surface area contributed by atoms with Crippen molar-refractivity contribution in [2.45, 2.75) is 6.61 Å². The number of nitriles is 1. The lowest BCUT2D eigenvalue weighted by molar-refractivity contribution is -0.117. The molecular weight excluding hydrogens is 424 g/mol. The van der Waals surface area contributed by atoms with Gasteiger partial charge >= 0.3 is 0 Å². The summed E-state index contributed by atoms with van der Waals surface area (Å²) in [6.45, 7) is 1.08. The van der Waals surface area contributed by atoms with Crippen LogP contribution in [0.3, 0.4) is 0 Å². The largest absolute Gasteiger partial charge is 0.493 e. The Bertz CT molecular complexity index is 876. The van der Waals surface area contributed by atoms with Gasteiger partial charge in [-0.25, -0.2) is 0 Å². The third-order valence-electron chi connectivity index (χ3n) is 3.75. The summed E-state index contributed by atoms with van der Waals surface area (Å²) in [5.41, 5.74) is 1.65. The first-order valence-electron chi connectivity index (χ1n) is 8.52. The quantitative estimate of drug-likeness (QED) is 0.362. The van der Waals surface area contributed by atoms with E-state index in [1.165, 1.54) is 13.2 Å². The molecule has 0 saturated carbocycles. The minimum absolute atomic E-state index is 0.0111. The molecule has 2 aromatic carbocycles. The molecular formula is C21H21BrN2O4. The van der Waals surface area contributed by atoms with Crippen molar-refractivity contribution in [1.29, 1.82) is 5.26 Å².